The van der Waals surface area contributed by atoms with E-state index in [1.807, 2.05) is 72.8 Å². The smallest absolute Gasteiger partial charge is 0.251 e. The quantitative estimate of drug-likeness (QED) is 0.636. The second kappa shape index (κ2) is 8.14. The fourth-order valence-corrected chi connectivity index (χ4v) is 3.48. The van der Waals surface area contributed by atoms with E-state index in [4.69, 9.17) is 0 Å². The standard InChI is InChI=1S/C23H21N3O3/c27-21(13-17-9-6-8-16-7-4-5-12-19(16)17)24-14-22(28)25-20-15-26(23(20)29)18-10-2-1-3-11-18/h1-12,20H,13-15H2,(H,24,27)(H,25,28)/t20-/m0/s1. The first kappa shape index (κ1) is 18.7. The topological polar surface area (TPSA) is 78.5 Å². The average Bonchev–Trinajstić information content (AvgIpc) is 2.75. The molecule has 3 amide bonds. The molecule has 2 N–H and O–H groups in total. The number of carbonyl (C=O) groups excluding carboxylic acids is 3. The van der Waals surface area contributed by atoms with E-state index >= 15 is 0 Å². The third-order valence-corrected chi connectivity index (χ3v) is 5.01. The van der Waals surface area contributed by atoms with Crippen LogP contribution in [0.3, 0.4) is 0 Å². The molecule has 3 aromatic carbocycles. The lowest BCUT2D eigenvalue weighted by atomic mass is 10.0. The van der Waals surface area contributed by atoms with E-state index < -0.39 is 6.04 Å². The van der Waals surface area contributed by atoms with Crippen LogP contribution in [0.2, 0.25) is 0 Å². The Labute approximate surface area is 168 Å². The molecule has 0 saturated carbocycles. The van der Waals surface area contributed by atoms with Crippen LogP contribution >= 0.6 is 0 Å². The van der Waals surface area contributed by atoms with Gasteiger partial charge in [-0.25, -0.2) is 0 Å². The number of fused-ring (bicyclic) bond motifs is 1. The summed E-state index contributed by atoms with van der Waals surface area (Å²) < 4.78 is 0. The van der Waals surface area contributed by atoms with E-state index in [-0.39, 0.29) is 30.7 Å². The summed E-state index contributed by atoms with van der Waals surface area (Å²) in [5.41, 5.74) is 1.72. The highest BCUT2D eigenvalue weighted by molar-refractivity contribution is 6.06. The van der Waals surface area contributed by atoms with Crippen molar-refractivity contribution in [2.45, 2.75) is 12.5 Å². The summed E-state index contributed by atoms with van der Waals surface area (Å²) in [5, 5.41) is 7.40. The van der Waals surface area contributed by atoms with Gasteiger partial charge in [0.05, 0.1) is 19.5 Å². The van der Waals surface area contributed by atoms with Gasteiger partial charge >= 0.3 is 0 Å². The molecule has 29 heavy (non-hydrogen) atoms. The predicted octanol–water partition coefficient (Wildman–Crippen LogP) is 2.03. The number of benzene rings is 3. The van der Waals surface area contributed by atoms with Crippen molar-refractivity contribution in [1.82, 2.24) is 10.6 Å². The lowest BCUT2D eigenvalue weighted by Gasteiger charge is -2.38. The highest BCUT2D eigenvalue weighted by atomic mass is 16.2. The first-order valence-electron chi connectivity index (χ1n) is 9.51. The number of amides is 3. The third kappa shape index (κ3) is 4.11. The molecule has 0 unspecified atom stereocenters. The van der Waals surface area contributed by atoms with Crippen molar-refractivity contribution >= 4 is 34.2 Å². The molecular formula is C23H21N3O3. The maximum atomic E-state index is 12.3. The van der Waals surface area contributed by atoms with Crippen molar-refractivity contribution in [2.75, 3.05) is 18.0 Å². The van der Waals surface area contributed by atoms with Crippen LogP contribution in [0.25, 0.3) is 10.8 Å². The molecule has 0 bridgehead atoms. The molecular weight excluding hydrogens is 366 g/mol. The van der Waals surface area contributed by atoms with Gasteiger partial charge in [0.15, 0.2) is 0 Å². The van der Waals surface area contributed by atoms with Gasteiger partial charge in [0.2, 0.25) is 11.8 Å². The van der Waals surface area contributed by atoms with Gasteiger partial charge in [0.1, 0.15) is 6.04 Å². The molecule has 0 radical (unpaired) electrons. The number of β-lactam (4-membered cyclic amide) rings is 1. The van der Waals surface area contributed by atoms with E-state index in [1.165, 1.54) is 0 Å². The second-order valence-electron chi connectivity index (χ2n) is 7.00. The van der Waals surface area contributed by atoms with E-state index in [0.717, 1.165) is 22.0 Å². The third-order valence-electron chi connectivity index (χ3n) is 5.01. The Bertz CT molecular complexity index is 1060. The van der Waals surface area contributed by atoms with Crippen molar-refractivity contribution in [3.8, 4) is 0 Å². The van der Waals surface area contributed by atoms with Crippen molar-refractivity contribution in [1.29, 1.82) is 0 Å². The number of anilines is 1. The first-order valence-corrected chi connectivity index (χ1v) is 9.51. The van der Waals surface area contributed by atoms with Crippen LogP contribution in [0, 0.1) is 0 Å². The minimum Gasteiger partial charge on any atom is -0.347 e. The SMILES string of the molecule is O=C(Cc1cccc2ccccc12)NCC(=O)N[C@H]1CN(c2ccccc2)C1=O. The Morgan fingerprint density at radius 1 is 0.897 bits per heavy atom. The van der Waals surface area contributed by atoms with Gasteiger partial charge in [-0.15, -0.1) is 0 Å². The number of rotatable bonds is 6. The molecule has 0 spiro atoms. The van der Waals surface area contributed by atoms with Crippen LogP contribution in [-0.4, -0.2) is 36.9 Å². The number of hydrogen-bond donors (Lipinski definition) is 2. The maximum absolute atomic E-state index is 12.3. The zero-order chi connectivity index (χ0) is 20.2. The van der Waals surface area contributed by atoms with E-state index in [1.54, 1.807) is 4.90 Å². The predicted molar refractivity (Wildman–Crippen MR) is 111 cm³/mol. The van der Waals surface area contributed by atoms with Gasteiger partial charge in [0, 0.05) is 5.69 Å². The van der Waals surface area contributed by atoms with Crippen molar-refractivity contribution in [3.63, 3.8) is 0 Å². The van der Waals surface area contributed by atoms with Crippen LogP contribution in [0.4, 0.5) is 5.69 Å². The minimum atomic E-state index is -0.544. The van der Waals surface area contributed by atoms with Crippen LogP contribution in [0.15, 0.2) is 72.8 Å². The lowest BCUT2D eigenvalue weighted by molar-refractivity contribution is -0.131. The molecule has 1 heterocycles. The fraction of sp³-hybridized carbons (Fsp3) is 0.174. The summed E-state index contributed by atoms with van der Waals surface area (Å²) in [5.74, 6) is -0.753. The van der Waals surface area contributed by atoms with E-state index in [9.17, 15) is 14.4 Å². The van der Waals surface area contributed by atoms with E-state index in [2.05, 4.69) is 10.6 Å². The van der Waals surface area contributed by atoms with Crippen molar-refractivity contribution in [3.05, 3.63) is 78.4 Å². The first-order chi connectivity index (χ1) is 14.1. The van der Waals surface area contributed by atoms with Crippen LogP contribution in [-0.2, 0) is 20.8 Å². The second-order valence-corrected chi connectivity index (χ2v) is 7.00. The Morgan fingerprint density at radius 3 is 2.41 bits per heavy atom. The molecule has 6 nitrogen and oxygen atoms in total. The molecule has 0 aliphatic carbocycles. The number of nitrogens with zero attached hydrogens (tertiary/aromatic N) is 1. The largest absolute Gasteiger partial charge is 0.347 e. The summed E-state index contributed by atoms with van der Waals surface area (Å²) in [4.78, 5) is 38.2. The molecule has 1 aliphatic heterocycles. The molecule has 4 rings (SSSR count). The normalized spacial score (nSPS) is 15.7. The highest BCUT2D eigenvalue weighted by Gasteiger charge is 2.38. The number of hydrogen-bond acceptors (Lipinski definition) is 3. The maximum Gasteiger partial charge on any atom is 0.251 e. The zero-order valence-electron chi connectivity index (χ0n) is 15.8. The van der Waals surface area contributed by atoms with Crippen molar-refractivity contribution < 1.29 is 14.4 Å². The summed E-state index contributed by atoms with van der Waals surface area (Å²) in [6.07, 6.45) is 0.193. The fourth-order valence-electron chi connectivity index (χ4n) is 3.48. The Morgan fingerprint density at radius 2 is 1.62 bits per heavy atom. The van der Waals surface area contributed by atoms with Gasteiger partial charge in [0.25, 0.3) is 5.91 Å². The van der Waals surface area contributed by atoms with Gasteiger partial charge in [-0.1, -0.05) is 60.7 Å². The van der Waals surface area contributed by atoms with Gasteiger partial charge < -0.3 is 15.5 Å². The summed E-state index contributed by atoms with van der Waals surface area (Å²) in [7, 11) is 0. The monoisotopic (exact) mass is 387 g/mol. The molecule has 0 aromatic heterocycles. The molecule has 1 saturated heterocycles. The molecule has 6 heteroatoms. The minimum absolute atomic E-state index is 0.147. The van der Waals surface area contributed by atoms with Gasteiger partial charge in [-0.3, -0.25) is 14.4 Å². The molecule has 146 valence electrons. The van der Waals surface area contributed by atoms with Gasteiger partial charge in [-0.05, 0) is 28.5 Å². The van der Waals surface area contributed by atoms with Crippen LogP contribution < -0.4 is 15.5 Å². The van der Waals surface area contributed by atoms with Crippen LogP contribution in [0.5, 0.6) is 0 Å². The Kier molecular flexibility index (Phi) is 5.24. The highest BCUT2D eigenvalue weighted by Crippen LogP contribution is 2.21. The van der Waals surface area contributed by atoms with Crippen LogP contribution in [0.1, 0.15) is 5.56 Å². The molecule has 1 atom stereocenters. The number of carbonyl (C=O) groups is 3. The van der Waals surface area contributed by atoms with E-state index in [0.29, 0.717) is 6.54 Å². The summed E-state index contributed by atoms with van der Waals surface area (Å²) >= 11 is 0. The van der Waals surface area contributed by atoms with Gasteiger partial charge in [-0.2, -0.15) is 0 Å². The molecule has 1 aliphatic rings. The Balaban J connectivity index is 1.26. The Hall–Kier alpha value is -3.67. The van der Waals surface area contributed by atoms with Crippen molar-refractivity contribution in [2.24, 2.45) is 0 Å². The summed E-state index contributed by atoms with van der Waals surface area (Å²) in [6.45, 7) is 0.275. The summed E-state index contributed by atoms with van der Waals surface area (Å²) in [6, 6.07) is 22.5. The number of para-hydroxylation sites is 1. The lowest BCUT2D eigenvalue weighted by Crippen LogP contribution is -2.65. The number of nitrogens with one attached hydrogen (secondary N) is 2. The zero-order valence-corrected chi connectivity index (χ0v) is 15.8. The average molecular weight is 387 g/mol. The molecule has 3 aromatic rings. The molecule has 1 fully saturated rings.